The Balaban J connectivity index is 1.53. The van der Waals surface area contributed by atoms with Gasteiger partial charge >= 0.3 is 0 Å². The van der Waals surface area contributed by atoms with Gasteiger partial charge in [-0.15, -0.1) is 0 Å². The minimum Gasteiger partial charge on any atom is -0.339 e. The molecule has 1 unspecified atom stereocenters. The summed E-state index contributed by atoms with van der Waals surface area (Å²) >= 11 is 0. The Hall–Kier alpha value is -1.95. The fraction of sp³-hybridized carbons (Fsp3) is 0.556. The Morgan fingerprint density at radius 3 is 2.54 bits per heavy atom. The molecule has 0 radical (unpaired) electrons. The lowest BCUT2D eigenvalue weighted by Gasteiger charge is -2.35. The number of carbonyl (C=O) groups excluding carboxylic acids is 2. The van der Waals surface area contributed by atoms with Crippen LogP contribution in [0.2, 0.25) is 0 Å². The van der Waals surface area contributed by atoms with E-state index in [2.05, 4.69) is 5.32 Å². The van der Waals surface area contributed by atoms with Crippen LogP contribution in [-0.4, -0.2) is 60.4 Å². The summed E-state index contributed by atoms with van der Waals surface area (Å²) in [5, 5.41) is 3.34. The SMILES string of the molecule is Cc1ccc(C(=O)N2CCN(C(=O)CC3CCCN3)CC2)cc1F. The molecule has 2 heterocycles. The molecule has 0 spiro atoms. The number of hydrogen-bond donors (Lipinski definition) is 1. The maximum Gasteiger partial charge on any atom is 0.254 e. The van der Waals surface area contributed by atoms with Gasteiger partial charge in [0.05, 0.1) is 0 Å². The monoisotopic (exact) mass is 333 g/mol. The molecule has 5 nitrogen and oxygen atoms in total. The Labute approximate surface area is 141 Å². The molecular weight excluding hydrogens is 309 g/mol. The zero-order chi connectivity index (χ0) is 17.1. The lowest BCUT2D eigenvalue weighted by Crippen LogP contribution is -2.51. The van der Waals surface area contributed by atoms with Gasteiger partial charge in [-0.3, -0.25) is 9.59 Å². The van der Waals surface area contributed by atoms with Crippen molar-refractivity contribution < 1.29 is 14.0 Å². The highest BCUT2D eigenvalue weighted by molar-refractivity contribution is 5.94. The number of aryl methyl sites for hydroxylation is 1. The molecular formula is C18H24FN3O2. The maximum absolute atomic E-state index is 13.6. The summed E-state index contributed by atoms with van der Waals surface area (Å²) in [6.45, 7) is 4.76. The van der Waals surface area contributed by atoms with E-state index in [4.69, 9.17) is 0 Å². The van der Waals surface area contributed by atoms with Gasteiger partial charge in [-0.2, -0.15) is 0 Å². The van der Waals surface area contributed by atoms with Crippen LogP contribution in [0.5, 0.6) is 0 Å². The van der Waals surface area contributed by atoms with E-state index in [1.807, 2.05) is 4.90 Å². The van der Waals surface area contributed by atoms with Crippen LogP contribution in [0.15, 0.2) is 18.2 Å². The molecule has 1 aromatic rings. The highest BCUT2D eigenvalue weighted by atomic mass is 19.1. The topological polar surface area (TPSA) is 52.7 Å². The van der Waals surface area contributed by atoms with Crippen LogP contribution in [-0.2, 0) is 4.79 Å². The van der Waals surface area contributed by atoms with E-state index in [1.165, 1.54) is 6.07 Å². The van der Waals surface area contributed by atoms with Crippen LogP contribution in [0.1, 0.15) is 35.2 Å². The molecule has 0 saturated carbocycles. The highest BCUT2D eigenvalue weighted by Crippen LogP contribution is 2.15. The summed E-state index contributed by atoms with van der Waals surface area (Å²) in [7, 11) is 0. The van der Waals surface area contributed by atoms with Crippen LogP contribution < -0.4 is 5.32 Å². The standard InChI is InChI=1S/C18H24FN3O2/c1-13-4-5-14(11-16(13)19)18(24)22-9-7-21(8-10-22)17(23)12-15-3-2-6-20-15/h4-5,11,15,20H,2-3,6-10,12H2,1H3. The Kier molecular flexibility index (Phi) is 5.14. The number of amides is 2. The third-order valence-electron chi connectivity index (χ3n) is 4.92. The second-order valence-electron chi connectivity index (χ2n) is 6.63. The second-order valence-corrected chi connectivity index (χ2v) is 6.63. The van der Waals surface area contributed by atoms with Gasteiger partial charge in [0, 0.05) is 44.2 Å². The fourth-order valence-electron chi connectivity index (χ4n) is 3.34. The summed E-state index contributed by atoms with van der Waals surface area (Å²) < 4.78 is 13.6. The van der Waals surface area contributed by atoms with Crippen LogP contribution in [0.3, 0.4) is 0 Å². The Morgan fingerprint density at radius 1 is 1.21 bits per heavy atom. The molecule has 2 amide bonds. The van der Waals surface area contributed by atoms with Gasteiger partial charge in [-0.1, -0.05) is 6.07 Å². The average Bonchev–Trinajstić information content (AvgIpc) is 3.10. The minimum absolute atomic E-state index is 0.155. The zero-order valence-corrected chi connectivity index (χ0v) is 14.1. The first-order valence-corrected chi connectivity index (χ1v) is 8.61. The molecule has 2 aliphatic rings. The molecule has 0 aliphatic carbocycles. The van der Waals surface area contributed by atoms with Crippen molar-refractivity contribution in [1.29, 1.82) is 0 Å². The van der Waals surface area contributed by atoms with Crippen LogP contribution in [0, 0.1) is 12.7 Å². The van der Waals surface area contributed by atoms with Gasteiger partial charge < -0.3 is 15.1 Å². The number of nitrogens with one attached hydrogen (secondary N) is 1. The highest BCUT2D eigenvalue weighted by Gasteiger charge is 2.27. The van der Waals surface area contributed by atoms with Crippen molar-refractivity contribution in [1.82, 2.24) is 15.1 Å². The molecule has 6 heteroatoms. The number of nitrogens with zero attached hydrogens (tertiary/aromatic N) is 2. The van der Waals surface area contributed by atoms with Crippen molar-refractivity contribution in [3.8, 4) is 0 Å². The summed E-state index contributed by atoms with van der Waals surface area (Å²) in [6.07, 6.45) is 2.73. The van der Waals surface area contributed by atoms with E-state index in [0.717, 1.165) is 19.4 Å². The number of hydrogen-bond acceptors (Lipinski definition) is 3. The molecule has 3 rings (SSSR count). The largest absolute Gasteiger partial charge is 0.339 e. The minimum atomic E-state index is -0.362. The van der Waals surface area contributed by atoms with Crippen LogP contribution in [0.4, 0.5) is 4.39 Å². The molecule has 0 aromatic heterocycles. The first-order valence-electron chi connectivity index (χ1n) is 8.61. The molecule has 1 aromatic carbocycles. The number of halogens is 1. The number of rotatable bonds is 3. The number of benzene rings is 1. The van der Waals surface area contributed by atoms with Crippen LogP contribution >= 0.6 is 0 Å². The van der Waals surface area contributed by atoms with E-state index in [0.29, 0.717) is 49.8 Å². The first kappa shape index (κ1) is 16.9. The van der Waals surface area contributed by atoms with Crippen molar-refractivity contribution in [2.24, 2.45) is 0 Å². The van der Waals surface area contributed by atoms with E-state index < -0.39 is 0 Å². The number of piperazine rings is 1. The predicted octanol–water partition coefficient (Wildman–Crippen LogP) is 1.56. The van der Waals surface area contributed by atoms with Crippen molar-refractivity contribution in [3.63, 3.8) is 0 Å². The van der Waals surface area contributed by atoms with E-state index in [9.17, 15) is 14.0 Å². The lowest BCUT2D eigenvalue weighted by atomic mass is 10.1. The maximum atomic E-state index is 13.6. The predicted molar refractivity (Wildman–Crippen MR) is 89.3 cm³/mol. The van der Waals surface area contributed by atoms with Gasteiger partial charge in [0.1, 0.15) is 5.82 Å². The van der Waals surface area contributed by atoms with E-state index in [-0.39, 0.29) is 17.6 Å². The van der Waals surface area contributed by atoms with Gasteiger partial charge in [-0.05, 0) is 44.0 Å². The van der Waals surface area contributed by atoms with Gasteiger partial charge in [0.2, 0.25) is 5.91 Å². The molecule has 130 valence electrons. The average molecular weight is 333 g/mol. The summed E-state index contributed by atoms with van der Waals surface area (Å²) in [5.41, 5.74) is 0.899. The second kappa shape index (κ2) is 7.30. The summed E-state index contributed by atoms with van der Waals surface area (Å²) in [6, 6.07) is 4.87. The fourth-order valence-corrected chi connectivity index (χ4v) is 3.34. The Morgan fingerprint density at radius 2 is 1.92 bits per heavy atom. The van der Waals surface area contributed by atoms with Crippen molar-refractivity contribution in [2.45, 2.75) is 32.2 Å². The normalized spacial score (nSPS) is 21.2. The van der Waals surface area contributed by atoms with Crippen molar-refractivity contribution >= 4 is 11.8 Å². The molecule has 24 heavy (non-hydrogen) atoms. The smallest absolute Gasteiger partial charge is 0.254 e. The third-order valence-corrected chi connectivity index (χ3v) is 4.92. The van der Waals surface area contributed by atoms with Gasteiger partial charge in [-0.25, -0.2) is 4.39 Å². The van der Waals surface area contributed by atoms with Crippen molar-refractivity contribution in [3.05, 3.63) is 35.1 Å². The first-order chi connectivity index (χ1) is 11.5. The van der Waals surface area contributed by atoms with E-state index >= 15 is 0 Å². The zero-order valence-electron chi connectivity index (χ0n) is 14.1. The molecule has 2 fully saturated rings. The van der Waals surface area contributed by atoms with Crippen LogP contribution in [0.25, 0.3) is 0 Å². The lowest BCUT2D eigenvalue weighted by molar-refractivity contribution is -0.133. The molecule has 2 saturated heterocycles. The quantitative estimate of drug-likeness (QED) is 0.913. The summed E-state index contributed by atoms with van der Waals surface area (Å²) in [4.78, 5) is 28.3. The molecule has 1 N–H and O–H groups in total. The molecule has 0 bridgehead atoms. The molecule has 1 atom stereocenters. The van der Waals surface area contributed by atoms with Gasteiger partial charge in [0.15, 0.2) is 0 Å². The van der Waals surface area contributed by atoms with Gasteiger partial charge in [0.25, 0.3) is 5.91 Å². The Bertz CT molecular complexity index is 621. The number of carbonyl (C=O) groups is 2. The molecule has 2 aliphatic heterocycles. The van der Waals surface area contributed by atoms with Crippen molar-refractivity contribution in [2.75, 3.05) is 32.7 Å². The third kappa shape index (κ3) is 3.75. The summed E-state index contributed by atoms with van der Waals surface area (Å²) in [5.74, 6) is -0.375. The van der Waals surface area contributed by atoms with E-state index in [1.54, 1.807) is 24.0 Å².